The Labute approximate surface area is 126 Å². The van der Waals surface area contributed by atoms with Gasteiger partial charge in [-0.15, -0.1) is 0 Å². The highest BCUT2D eigenvalue weighted by Crippen LogP contribution is 2.26. The summed E-state index contributed by atoms with van der Waals surface area (Å²) in [6.07, 6.45) is 1.73. The van der Waals surface area contributed by atoms with E-state index in [1.165, 1.54) is 6.07 Å². The standard InChI is InChI=1S/C15H17BrFN3/c1-3-5-14-19-13(9-15(20-14)18-4-2)11-8-10(16)6-7-12(11)17/h6-9H,3-5H2,1-2H3,(H,18,19,20). The summed E-state index contributed by atoms with van der Waals surface area (Å²) in [5.74, 6) is 1.19. The minimum absolute atomic E-state index is 0.281. The Bertz CT molecular complexity index is 577. The van der Waals surface area contributed by atoms with E-state index in [4.69, 9.17) is 0 Å². The van der Waals surface area contributed by atoms with E-state index >= 15 is 0 Å². The van der Waals surface area contributed by atoms with Gasteiger partial charge in [-0.3, -0.25) is 0 Å². The van der Waals surface area contributed by atoms with Crippen LogP contribution in [-0.2, 0) is 6.42 Å². The average Bonchev–Trinajstić information content (AvgIpc) is 2.42. The molecule has 0 aliphatic carbocycles. The summed E-state index contributed by atoms with van der Waals surface area (Å²) in [6, 6.07) is 6.64. The lowest BCUT2D eigenvalue weighted by atomic mass is 10.1. The van der Waals surface area contributed by atoms with Crippen LogP contribution in [-0.4, -0.2) is 16.5 Å². The van der Waals surface area contributed by atoms with Gasteiger partial charge in [0.25, 0.3) is 0 Å². The summed E-state index contributed by atoms with van der Waals surface area (Å²) in [6.45, 7) is 4.84. The molecule has 1 heterocycles. The first-order valence-corrected chi connectivity index (χ1v) is 7.50. The number of hydrogen-bond acceptors (Lipinski definition) is 3. The maximum Gasteiger partial charge on any atom is 0.132 e. The number of rotatable bonds is 5. The summed E-state index contributed by atoms with van der Waals surface area (Å²) in [4.78, 5) is 8.90. The molecule has 20 heavy (non-hydrogen) atoms. The molecule has 5 heteroatoms. The number of anilines is 1. The second-order valence-electron chi connectivity index (χ2n) is 4.46. The minimum atomic E-state index is -0.281. The molecule has 0 radical (unpaired) electrons. The van der Waals surface area contributed by atoms with Crippen LogP contribution in [0.25, 0.3) is 11.3 Å². The second-order valence-corrected chi connectivity index (χ2v) is 5.37. The van der Waals surface area contributed by atoms with Gasteiger partial charge in [0.15, 0.2) is 0 Å². The molecule has 2 rings (SSSR count). The summed E-state index contributed by atoms with van der Waals surface area (Å²) in [7, 11) is 0. The molecule has 0 saturated carbocycles. The molecule has 0 aliphatic rings. The molecular formula is C15H17BrFN3. The highest BCUT2D eigenvalue weighted by molar-refractivity contribution is 9.10. The van der Waals surface area contributed by atoms with Gasteiger partial charge >= 0.3 is 0 Å². The predicted molar refractivity (Wildman–Crippen MR) is 83.3 cm³/mol. The maximum atomic E-state index is 14.0. The monoisotopic (exact) mass is 337 g/mol. The van der Waals surface area contributed by atoms with Gasteiger partial charge in [-0.2, -0.15) is 0 Å². The molecule has 0 bridgehead atoms. The van der Waals surface area contributed by atoms with Gasteiger partial charge in [0.05, 0.1) is 5.69 Å². The fourth-order valence-corrected chi connectivity index (χ4v) is 2.30. The predicted octanol–water partition coefficient (Wildman–Crippen LogP) is 4.43. The van der Waals surface area contributed by atoms with Crippen molar-refractivity contribution in [3.63, 3.8) is 0 Å². The van der Waals surface area contributed by atoms with E-state index in [2.05, 4.69) is 38.1 Å². The Morgan fingerprint density at radius 3 is 2.70 bits per heavy atom. The van der Waals surface area contributed by atoms with E-state index in [0.29, 0.717) is 11.3 Å². The highest BCUT2D eigenvalue weighted by Gasteiger charge is 2.11. The lowest BCUT2D eigenvalue weighted by Crippen LogP contribution is -2.05. The first-order valence-electron chi connectivity index (χ1n) is 6.71. The van der Waals surface area contributed by atoms with Crippen molar-refractivity contribution in [1.82, 2.24) is 9.97 Å². The largest absolute Gasteiger partial charge is 0.370 e. The van der Waals surface area contributed by atoms with Crippen LogP contribution in [0.2, 0.25) is 0 Å². The van der Waals surface area contributed by atoms with Gasteiger partial charge in [0.1, 0.15) is 17.5 Å². The zero-order valence-electron chi connectivity index (χ0n) is 11.6. The van der Waals surface area contributed by atoms with Crippen molar-refractivity contribution < 1.29 is 4.39 Å². The van der Waals surface area contributed by atoms with Crippen LogP contribution in [0.3, 0.4) is 0 Å². The first kappa shape index (κ1) is 14.9. The molecular weight excluding hydrogens is 321 g/mol. The van der Waals surface area contributed by atoms with E-state index in [0.717, 1.165) is 35.5 Å². The van der Waals surface area contributed by atoms with Crippen LogP contribution < -0.4 is 5.32 Å². The van der Waals surface area contributed by atoms with Crippen LogP contribution in [0.15, 0.2) is 28.7 Å². The van der Waals surface area contributed by atoms with Gasteiger partial charge in [0.2, 0.25) is 0 Å². The molecule has 2 aromatic rings. The molecule has 1 aromatic carbocycles. The van der Waals surface area contributed by atoms with Crippen molar-refractivity contribution in [2.45, 2.75) is 26.7 Å². The van der Waals surface area contributed by atoms with Gasteiger partial charge in [0, 0.05) is 29.1 Å². The SMILES string of the molecule is CCCc1nc(NCC)cc(-c2cc(Br)ccc2F)n1. The third kappa shape index (κ3) is 3.54. The van der Waals surface area contributed by atoms with Crippen LogP contribution in [0.5, 0.6) is 0 Å². The van der Waals surface area contributed by atoms with Crippen molar-refractivity contribution in [2.24, 2.45) is 0 Å². The van der Waals surface area contributed by atoms with Gasteiger partial charge in [-0.25, -0.2) is 14.4 Å². The van der Waals surface area contributed by atoms with E-state index in [9.17, 15) is 4.39 Å². The fourth-order valence-electron chi connectivity index (χ4n) is 1.94. The van der Waals surface area contributed by atoms with Crippen molar-refractivity contribution in [3.8, 4) is 11.3 Å². The molecule has 0 fully saturated rings. The maximum absolute atomic E-state index is 14.0. The van der Waals surface area contributed by atoms with E-state index in [1.54, 1.807) is 18.2 Å². The Morgan fingerprint density at radius 1 is 1.20 bits per heavy atom. The Balaban J connectivity index is 2.51. The molecule has 0 atom stereocenters. The summed E-state index contributed by atoms with van der Waals surface area (Å²) in [5.41, 5.74) is 1.09. The molecule has 3 nitrogen and oxygen atoms in total. The number of aromatic nitrogens is 2. The van der Waals surface area contributed by atoms with Crippen LogP contribution in [0.4, 0.5) is 10.2 Å². The van der Waals surface area contributed by atoms with E-state index < -0.39 is 0 Å². The molecule has 1 N–H and O–H groups in total. The van der Waals surface area contributed by atoms with Crippen LogP contribution in [0, 0.1) is 5.82 Å². The summed E-state index contributed by atoms with van der Waals surface area (Å²) in [5, 5.41) is 3.17. The molecule has 1 aromatic heterocycles. The van der Waals surface area contributed by atoms with Crippen molar-refractivity contribution in [1.29, 1.82) is 0 Å². The lowest BCUT2D eigenvalue weighted by Gasteiger charge is -2.09. The number of nitrogens with one attached hydrogen (secondary N) is 1. The number of hydrogen-bond donors (Lipinski definition) is 1. The summed E-state index contributed by atoms with van der Waals surface area (Å²) < 4.78 is 14.8. The molecule has 0 saturated heterocycles. The zero-order chi connectivity index (χ0) is 14.5. The number of halogens is 2. The molecule has 0 amide bonds. The first-order chi connectivity index (χ1) is 9.63. The van der Waals surface area contributed by atoms with Crippen LogP contribution >= 0.6 is 15.9 Å². The summed E-state index contributed by atoms with van der Waals surface area (Å²) >= 11 is 3.37. The lowest BCUT2D eigenvalue weighted by molar-refractivity contribution is 0.630. The average molecular weight is 338 g/mol. The second kappa shape index (κ2) is 6.79. The minimum Gasteiger partial charge on any atom is -0.370 e. The Hall–Kier alpha value is -1.49. The zero-order valence-corrected chi connectivity index (χ0v) is 13.2. The van der Waals surface area contributed by atoms with E-state index in [-0.39, 0.29) is 5.82 Å². The molecule has 0 spiro atoms. The van der Waals surface area contributed by atoms with Gasteiger partial charge in [-0.05, 0) is 31.5 Å². The van der Waals surface area contributed by atoms with Crippen molar-refractivity contribution in [3.05, 3.63) is 40.4 Å². The number of nitrogens with zero attached hydrogens (tertiary/aromatic N) is 2. The highest BCUT2D eigenvalue weighted by atomic mass is 79.9. The van der Waals surface area contributed by atoms with Gasteiger partial charge < -0.3 is 5.32 Å². The number of aryl methyl sites for hydroxylation is 1. The topological polar surface area (TPSA) is 37.8 Å². The molecule has 0 aliphatic heterocycles. The third-order valence-corrected chi connectivity index (χ3v) is 3.30. The molecule has 106 valence electrons. The molecule has 0 unspecified atom stereocenters. The quantitative estimate of drug-likeness (QED) is 0.876. The van der Waals surface area contributed by atoms with Crippen LogP contribution in [0.1, 0.15) is 26.1 Å². The van der Waals surface area contributed by atoms with Gasteiger partial charge in [-0.1, -0.05) is 22.9 Å². The fraction of sp³-hybridized carbons (Fsp3) is 0.333. The van der Waals surface area contributed by atoms with Crippen molar-refractivity contribution in [2.75, 3.05) is 11.9 Å². The number of benzene rings is 1. The third-order valence-electron chi connectivity index (χ3n) is 2.81. The van der Waals surface area contributed by atoms with E-state index in [1.807, 2.05) is 6.92 Å². The Kier molecular flexibility index (Phi) is 5.06. The Morgan fingerprint density at radius 2 is 2.00 bits per heavy atom. The van der Waals surface area contributed by atoms with Crippen molar-refractivity contribution >= 4 is 21.7 Å². The normalized spacial score (nSPS) is 10.6. The smallest absolute Gasteiger partial charge is 0.132 e.